The van der Waals surface area contributed by atoms with E-state index in [-0.39, 0.29) is 42.9 Å². The second kappa shape index (κ2) is 13.7. The number of nitrogens with zero attached hydrogens (tertiary/aromatic N) is 1. The predicted octanol–water partition coefficient (Wildman–Crippen LogP) is 4.87. The maximum atomic E-state index is 13.2. The van der Waals surface area contributed by atoms with Gasteiger partial charge in [-0.05, 0) is 38.5 Å². The second-order valence-electron chi connectivity index (χ2n) is 8.62. The van der Waals surface area contributed by atoms with Crippen LogP contribution in [0.1, 0.15) is 97.8 Å². The first kappa shape index (κ1) is 26.5. The van der Waals surface area contributed by atoms with Crippen LogP contribution in [-0.4, -0.2) is 47.6 Å². The average Bonchev–Trinajstić information content (AvgIpc) is 3.12. The molecule has 1 fully saturated rings. The van der Waals surface area contributed by atoms with Gasteiger partial charge < -0.3 is 10.2 Å². The van der Waals surface area contributed by atoms with E-state index in [0.29, 0.717) is 19.4 Å². The van der Waals surface area contributed by atoms with Gasteiger partial charge in [-0.25, -0.2) is 8.78 Å². The van der Waals surface area contributed by atoms with Crippen molar-refractivity contribution in [2.24, 2.45) is 5.92 Å². The number of unbranched alkanes of at least 4 members (excludes halogenated alkanes) is 5. The van der Waals surface area contributed by atoms with E-state index in [1.54, 1.807) is 4.90 Å². The van der Waals surface area contributed by atoms with Gasteiger partial charge in [0.05, 0.1) is 6.54 Å². The van der Waals surface area contributed by atoms with Crippen LogP contribution < -0.4 is 5.32 Å². The zero-order valence-electron chi connectivity index (χ0n) is 19.0. The summed E-state index contributed by atoms with van der Waals surface area (Å²) in [4.78, 5) is 38.2. The van der Waals surface area contributed by atoms with Gasteiger partial charge in [0.25, 0.3) is 0 Å². The number of nitrogens with one attached hydrogen (secondary N) is 1. The van der Waals surface area contributed by atoms with Crippen LogP contribution in [-0.2, 0) is 14.4 Å². The van der Waals surface area contributed by atoms with E-state index in [0.717, 1.165) is 51.4 Å². The molecule has 1 unspecified atom stereocenters. The molecule has 0 aromatic heterocycles. The van der Waals surface area contributed by atoms with E-state index in [1.165, 1.54) is 13.8 Å². The van der Waals surface area contributed by atoms with Crippen LogP contribution in [0.3, 0.4) is 0 Å². The molecule has 174 valence electrons. The number of carbonyl (C=O) groups is 3. The van der Waals surface area contributed by atoms with E-state index in [2.05, 4.69) is 12.2 Å². The van der Waals surface area contributed by atoms with Crippen LogP contribution in [0, 0.1) is 5.92 Å². The van der Waals surface area contributed by atoms with Gasteiger partial charge >= 0.3 is 0 Å². The SMILES string of the molecule is CCC[C@H]1CCN(C(=O)CCCCCCCCC(F)(F)CC)C1C(=O)NCC(C)=O. The Hall–Kier alpha value is -1.53. The minimum Gasteiger partial charge on any atom is -0.347 e. The quantitative estimate of drug-likeness (QED) is 0.377. The lowest BCUT2D eigenvalue weighted by molar-refractivity contribution is -0.139. The number of rotatable bonds is 15. The molecular formula is C23H40F2N2O3. The summed E-state index contributed by atoms with van der Waals surface area (Å²) in [6.45, 7) is 5.60. The molecule has 0 saturated carbocycles. The lowest BCUT2D eigenvalue weighted by Crippen LogP contribution is -2.49. The van der Waals surface area contributed by atoms with Crippen molar-refractivity contribution in [1.82, 2.24) is 10.2 Å². The van der Waals surface area contributed by atoms with E-state index in [1.807, 2.05) is 0 Å². The third-order valence-corrected chi connectivity index (χ3v) is 5.98. The molecule has 1 saturated heterocycles. The van der Waals surface area contributed by atoms with E-state index < -0.39 is 12.0 Å². The summed E-state index contributed by atoms with van der Waals surface area (Å²) in [5.41, 5.74) is 0. The standard InChI is InChI=1S/C23H40F2N2O3/c1-4-12-19-14-16-27(21(19)22(30)26-17-18(3)28)20(29)13-10-8-6-7-9-11-15-23(24,25)5-2/h19,21H,4-17H2,1-3H3,(H,26,30)/t19-,21?/m0/s1. The number of hydrogen-bond donors (Lipinski definition) is 1. The normalized spacial score (nSPS) is 19.2. The lowest BCUT2D eigenvalue weighted by atomic mass is 9.94. The molecule has 30 heavy (non-hydrogen) atoms. The molecule has 0 aromatic carbocycles. The predicted molar refractivity (Wildman–Crippen MR) is 114 cm³/mol. The molecule has 5 nitrogen and oxygen atoms in total. The fraction of sp³-hybridized carbons (Fsp3) is 0.870. The summed E-state index contributed by atoms with van der Waals surface area (Å²) >= 11 is 0. The summed E-state index contributed by atoms with van der Waals surface area (Å²) in [6.07, 6.45) is 7.76. The minimum atomic E-state index is -2.54. The summed E-state index contributed by atoms with van der Waals surface area (Å²) < 4.78 is 26.4. The number of carbonyl (C=O) groups excluding carboxylic acids is 3. The molecule has 7 heteroatoms. The first-order valence-electron chi connectivity index (χ1n) is 11.7. The molecule has 2 atom stereocenters. The first-order chi connectivity index (χ1) is 14.2. The van der Waals surface area contributed by atoms with Crippen molar-refractivity contribution < 1.29 is 23.2 Å². The fourth-order valence-electron chi connectivity index (χ4n) is 4.17. The molecule has 1 aliphatic rings. The zero-order chi connectivity index (χ0) is 22.6. The van der Waals surface area contributed by atoms with Gasteiger partial charge in [0, 0.05) is 25.8 Å². The summed E-state index contributed by atoms with van der Waals surface area (Å²) in [7, 11) is 0. The number of hydrogen-bond acceptors (Lipinski definition) is 3. The van der Waals surface area contributed by atoms with Crippen LogP contribution in [0.15, 0.2) is 0 Å². The van der Waals surface area contributed by atoms with Crippen LogP contribution >= 0.6 is 0 Å². The number of likely N-dealkylation sites (tertiary alicyclic amines) is 1. The molecule has 0 aromatic rings. The van der Waals surface area contributed by atoms with Gasteiger partial charge in [0.2, 0.25) is 17.7 Å². The van der Waals surface area contributed by atoms with Crippen molar-refractivity contribution in [3.05, 3.63) is 0 Å². The molecule has 1 heterocycles. The minimum absolute atomic E-state index is 0.000394. The fourth-order valence-corrected chi connectivity index (χ4v) is 4.17. The Morgan fingerprint density at radius 2 is 1.67 bits per heavy atom. The van der Waals surface area contributed by atoms with Gasteiger partial charge in [-0.1, -0.05) is 46.0 Å². The Morgan fingerprint density at radius 1 is 1.03 bits per heavy atom. The summed E-state index contributed by atoms with van der Waals surface area (Å²) in [6, 6.07) is -0.475. The molecule has 0 spiro atoms. The highest BCUT2D eigenvalue weighted by atomic mass is 19.3. The molecule has 0 radical (unpaired) electrons. The molecule has 1 N–H and O–H groups in total. The van der Waals surface area contributed by atoms with Crippen LogP contribution in [0.5, 0.6) is 0 Å². The number of alkyl halides is 2. The van der Waals surface area contributed by atoms with Gasteiger partial charge in [-0.15, -0.1) is 0 Å². The van der Waals surface area contributed by atoms with Crippen molar-refractivity contribution in [3.8, 4) is 0 Å². The van der Waals surface area contributed by atoms with Gasteiger partial charge in [-0.3, -0.25) is 14.4 Å². The Morgan fingerprint density at radius 3 is 2.27 bits per heavy atom. The highest BCUT2D eigenvalue weighted by Gasteiger charge is 2.40. The van der Waals surface area contributed by atoms with Gasteiger partial charge in [0.1, 0.15) is 11.8 Å². The van der Waals surface area contributed by atoms with Crippen molar-refractivity contribution >= 4 is 17.6 Å². The third kappa shape index (κ3) is 9.52. The maximum absolute atomic E-state index is 13.2. The largest absolute Gasteiger partial charge is 0.347 e. The Labute approximate surface area is 180 Å². The second-order valence-corrected chi connectivity index (χ2v) is 8.62. The highest BCUT2D eigenvalue weighted by Crippen LogP contribution is 2.29. The Kier molecular flexibility index (Phi) is 12.1. The number of Topliss-reactive ketones (excluding diaryl/α,β-unsaturated/α-hetero) is 1. The average molecular weight is 431 g/mol. The lowest BCUT2D eigenvalue weighted by Gasteiger charge is -2.27. The monoisotopic (exact) mass is 430 g/mol. The molecular weight excluding hydrogens is 390 g/mol. The highest BCUT2D eigenvalue weighted by molar-refractivity contribution is 5.91. The van der Waals surface area contributed by atoms with Gasteiger partial charge in [-0.2, -0.15) is 0 Å². The Bertz CT molecular complexity index is 555. The number of ketones is 1. The van der Waals surface area contributed by atoms with Crippen molar-refractivity contribution in [3.63, 3.8) is 0 Å². The molecule has 1 aliphatic heterocycles. The zero-order valence-corrected chi connectivity index (χ0v) is 19.0. The van der Waals surface area contributed by atoms with E-state index in [9.17, 15) is 23.2 Å². The molecule has 1 rings (SSSR count). The maximum Gasteiger partial charge on any atom is 0.247 e. The molecule has 0 aliphatic carbocycles. The van der Waals surface area contributed by atoms with Crippen molar-refractivity contribution in [2.45, 2.75) is 110 Å². The topological polar surface area (TPSA) is 66.5 Å². The number of amides is 2. The summed E-state index contributed by atoms with van der Waals surface area (Å²) in [5, 5.41) is 2.67. The molecule has 2 amide bonds. The van der Waals surface area contributed by atoms with Crippen LogP contribution in [0.2, 0.25) is 0 Å². The third-order valence-electron chi connectivity index (χ3n) is 5.98. The number of halogens is 2. The molecule has 0 bridgehead atoms. The van der Waals surface area contributed by atoms with Crippen molar-refractivity contribution in [2.75, 3.05) is 13.1 Å². The summed E-state index contributed by atoms with van der Waals surface area (Å²) in [5.74, 6) is -2.72. The van der Waals surface area contributed by atoms with Crippen LogP contribution in [0.4, 0.5) is 8.78 Å². The van der Waals surface area contributed by atoms with E-state index in [4.69, 9.17) is 0 Å². The van der Waals surface area contributed by atoms with E-state index >= 15 is 0 Å². The van der Waals surface area contributed by atoms with Crippen molar-refractivity contribution in [1.29, 1.82) is 0 Å². The smallest absolute Gasteiger partial charge is 0.247 e. The van der Waals surface area contributed by atoms with Gasteiger partial charge in [0.15, 0.2) is 0 Å². The Balaban J connectivity index is 2.36. The first-order valence-corrected chi connectivity index (χ1v) is 11.7. The van der Waals surface area contributed by atoms with Crippen LogP contribution in [0.25, 0.3) is 0 Å².